The molecule has 0 aliphatic heterocycles. The smallest absolute Gasteiger partial charge is 0.269 e. The minimum absolute atomic E-state index is 0.0399. The highest BCUT2D eigenvalue weighted by Crippen LogP contribution is 2.17. The van der Waals surface area contributed by atoms with Crippen LogP contribution in [0, 0.1) is 10.1 Å². The van der Waals surface area contributed by atoms with Crippen LogP contribution in [0.3, 0.4) is 0 Å². The summed E-state index contributed by atoms with van der Waals surface area (Å²) in [6, 6.07) is 12.7. The van der Waals surface area contributed by atoms with Gasteiger partial charge in [0.1, 0.15) is 0 Å². The minimum atomic E-state index is -3.18. The van der Waals surface area contributed by atoms with E-state index >= 15 is 0 Å². The van der Waals surface area contributed by atoms with E-state index in [2.05, 4.69) is 5.32 Å². The number of non-ortho nitro benzene ring substituents is 1. The van der Waals surface area contributed by atoms with Crippen LogP contribution in [-0.2, 0) is 16.4 Å². The van der Waals surface area contributed by atoms with Gasteiger partial charge in [0.2, 0.25) is 0 Å². The Labute approximate surface area is 122 Å². The number of nitrogens with one attached hydrogen (secondary N) is 1. The van der Waals surface area contributed by atoms with Crippen molar-refractivity contribution in [3.8, 4) is 0 Å². The zero-order valence-electron chi connectivity index (χ0n) is 11.3. The summed E-state index contributed by atoms with van der Waals surface area (Å²) in [5.41, 5.74) is 1.71. The third kappa shape index (κ3) is 4.03. The Kier molecular flexibility index (Phi) is 4.23. The van der Waals surface area contributed by atoms with Crippen molar-refractivity contribution in [1.29, 1.82) is 0 Å². The van der Waals surface area contributed by atoms with Crippen LogP contribution in [0.1, 0.15) is 5.56 Å². The van der Waals surface area contributed by atoms with Gasteiger partial charge in [0.05, 0.1) is 9.82 Å². The van der Waals surface area contributed by atoms with Crippen LogP contribution in [0.5, 0.6) is 0 Å². The van der Waals surface area contributed by atoms with Crippen molar-refractivity contribution in [2.45, 2.75) is 11.4 Å². The van der Waals surface area contributed by atoms with Gasteiger partial charge in [-0.25, -0.2) is 8.42 Å². The predicted octanol–water partition coefficient (Wildman–Crippen LogP) is 2.61. The Hall–Kier alpha value is -2.41. The summed E-state index contributed by atoms with van der Waals surface area (Å²) in [5, 5.41) is 13.7. The second kappa shape index (κ2) is 5.92. The summed E-state index contributed by atoms with van der Waals surface area (Å²) in [6.07, 6.45) is 1.16. The van der Waals surface area contributed by atoms with Crippen molar-refractivity contribution in [3.05, 3.63) is 64.2 Å². The molecule has 1 N–H and O–H groups in total. The maximum atomic E-state index is 11.3. The molecule has 0 heterocycles. The molecule has 21 heavy (non-hydrogen) atoms. The fraction of sp³-hybridized carbons (Fsp3) is 0.143. The molecule has 6 nitrogen and oxygen atoms in total. The molecule has 0 saturated carbocycles. The zero-order chi connectivity index (χ0) is 15.5. The summed E-state index contributed by atoms with van der Waals surface area (Å²) >= 11 is 0. The molecule has 0 aromatic heterocycles. The van der Waals surface area contributed by atoms with E-state index in [0.29, 0.717) is 6.54 Å². The van der Waals surface area contributed by atoms with Crippen molar-refractivity contribution in [3.63, 3.8) is 0 Å². The Bertz CT molecular complexity index is 738. The van der Waals surface area contributed by atoms with Crippen LogP contribution in [0.2, 0.25) is 0 Å². The Morgan fingerprint density at radius 1 is 1.05 bits per heavy atom. The van der Waals surface area contributed by atoms with E-state index in [1.165, 1.54) is 12.1 Å². The molecule has 0 aliphatic carbocycles. The number of sulfone groups is 1. The lowest BCUT2D eigenvalue weighted by Gasteiger charge is -2.07. The average molecular weight is 306 g/mol. The van der Waals surface area contributed by atoms with E-state index in [9.17, 15) is 18.5 Å². The van der Waals surface area contributed by atoms with Gasteiger partial charge in [-0.15, -0.1) is 0 Å². The largest absolute Gasteiger partial charge is 0.381 e. The molecule has 0 aliphatic rings. The first-order valence-electron chi connectivity index (χ1n) is 6.13. The SMILES string of the molecule is CS(=O)(=O)c1ccc(CNc2ccc([N+](=O)[O-])cc2)cc1. The molecule has 0 unspecified atom stereocenters. The minimum Gasteiger partial charge on any atom is -0.381 e. The quantitative estimate of drug-likeness (QED) is 0.677. The molecule has 2 rings (SSSR count). The van der Waals surface area contributed by atoms with Gasteiger partial charge >= 0.3 is 0 Å². The van der Waals surface area contributed by atoms with E-state index in [1.54, 1.807) is 36.4 Å². The first kappa shape index (κ1) is 15.0. The fourth-order valence-electron chi connectivity index (χ4n) is 1.76. The molecule has 0 amide bonds. The summed E-state index contributed by atoms with van der Waals surface area (Å²) in [7, 11) is -3.18. The molecule has 0 saturated heterocycles. The second-order valence-electron chi connectivity index (χ2n) is 4.57. The second-order valence-corrected chi connectivity index (χ2v) is 6.59. The standard InChI is InChI=1S/C14H14N2O4S/c1-21(19,20)14-8-2-11(3-9-14)10-15-12-4-6-13(7-5-12)16(17)18/h2-9,15H,10H2,1H3. The van der Waals surface area contributed by atoms with Gasteiger partial charge in [0.15, 0.2) is 9.84 Å². The van der Waals surface area contributed by atoms with Crippen LogP contribution in [0.4, 0.5) is 11.4 Å². The first-order valence-corrected chi connectivity index (χ1v) is 8.03. The topological polar surface area (TPSA) is 89.3 Å². The Morgan fingerprint density at radius 3 is 2.10 bits per heavy atom. The molecule has 0 bridgehead atoms. The Morgan fingerprint density at radius 2 is 1.62 bits per heavy atom. The highest BCUT2D eigenvalue weighted by Gasteiger charge is 2.06. The predicted molar refractivity (Wildman–Crippen MR) is 80.0 cm³/mol. The third-order valence-corrected chi connectivity index (χ3v) is 4.05. The number of anilines is 1. The van der Waals surface area contributed by atoms with Crippen LogP contribution in [0.25, 0.3) is 0 Å². The van der Waals surface area contributed by atoms with E-state index in [1.807, 2.05) is 0 Å². The highest BCUT2D eigenvalue weighted by molar-refractivity contribution is 7.90. The monoisotopic (exact) mass is 306 g/mol. The van der Waals surface area contributed by atoms with Crippen LogP contribution in [0.15, 0.2) is 53.4 Å². The average Bonchev–Trinajstić information content (AvgIpc) is 2.45. The van der Waals surface area contributed by atoms with Crippen molar-refractivity contribution < 1.29 is 13.3 Å². The van der Waals surface area contributed by atoms with Gasteiger partial charge in [-0.3, -0.25) is 10.1 Å². The van der Waals surface area contributed by atoms with Crippen LogP contribution in [-0.4, -0.2) is 19.6 Å². The maximum Gasteiger partial charge on any atom is 0.269 e. The third-order valence-electron chi connectivity index (χ3n) is 2.93. The van der Waals surface area contributed by atoms with Gasteiger partial charge in [-0.2, -0.15) is 0 Å². The fourth-order valence-corrected chi connectivity index (χ4v) is 2.39. The molecular weight excluding hydrogens is 292 g/mol. The summed E-state index contributed by atoms with van der Waals surface area (Å²) < 4.78 is 22.7. The number of rotatable bonds is 5. The van der Waals surface area contributed by atoms with Crippen molar-refractivity contribution in [2.24, 2.45) is 0 Å². The summed E-state index contributed by atoms with van der Waals surface area (Å²) in [4.78, 5) is 10.4. The lowest BCUT2D eigenvalue weighted by Crippen LogP contribution is -2.01. The van der Waals surface area contributed by atoms with Crippen molar-refractivity contribution in [1.82, 2.24) is 0 Å². The maximum absolute atomic E-state index is 11.3. The van der Waals surface area contributed by atoms with Gasteiger partial charge in [0, 0.05) is 30.6 Å². The van der Waals surface area contributed by atoms with Crippen LogP contribution < -0.4 is 5.32 Å². The lowest BCUT2D eigenvalue weighted by molar-refractivity contribution is -0.384. The van der Waals surface area contributed by atoms with Crippen LogP contribution >= 0.6 is 0 Å². The van der Waals surface area contributed by atoms with Gasteiger partial charge in [-0.1, -0.05) is 12.1 Å². The highest BCUT2D eigenvalue weighted by atomic mass is 32.2. The van der Waals surface area contributed by atoms with E-state index < -0.39 is 14.8 Å². The lowest BCUT2D eigenvalue weighted by atomic mass is 10.2. The number of nitro benzene ring substituents is 1. The van der Waals surface area contributed by atoms with Gasteiger partial charge < -0.3 is 5.32 Å². The number of hydrogen-bond acceptors (Lipinski definition) is 5. The summed E-state index contributed by atoms with van der Waals surface area (Å²) in [5.74, 6) is 0. The number of benzene rings is 2. The molecule has 0 atom stereocenters. The normalized spacial score (nSPS) is 11.1. The molecule has 0 fully saturated rings. The first-order chi connectivity index (χ1) is 9.86. The zero-order valence-corrected chi connectivity index (χ0v) is 12.1. The summed E-state index contributed by atoms with van der Waals surface area (Å²) in [6.45, 7) is 0.502. The molecule has 2 aromatic rings. The Balaban J connectivity index is 2.01. The molecule has 2 aromatic carbocycles. The van der Waals surface area contributed by atoms with Gasteiger partial charge in [-0.05, 0) is 29.8 Å². The molecular formula is C14H14N2O4S. The number of nitro groups is 1. The van der Waals surface area contributed by atoms with Crippen molar-refractivity contribution >= 4 is 21.2 Å². The van der Waals surface area contributed by atoms with Gasteiger partial charge in [0.25, 0.3) is 5.69 Å². The molecule has 110 valence electrons. The molecule has 0 radical (unpaired) electrons. The number of nitrogens with zero attached hydrogens (tertiary/aromatic N) is 1. The molecule has 7 heteroatoms. The van der Waals surface area contributed by atoms with E-state index in [0.717, 1.165) is 17.5 Å². The van der Waals surface area contributed by atoms with Crippen molar-refractivity contribution in [2.75, 3.05) is 11.6 Å². The van der Waals surface area contributed by atoms with E-state index in [-0.39, 0.29) is 10.6 Å². The van der Waals surface area contributed by atoms with E-state index in [4.69, 9.17) is 0 Å². The number of hydrogen-bond donors (Lipinski definition) is 1. The molecule has 0 spiro atoms.